The van der Waals surface area contributed by atoms with Crippen LogP contribution >= 0.6 is 59.9 Å². The van der Waals surface area contributed by atoms with Gasteiger partial charge in [0, 0.05) is 11.0 Å². The molecule has 1 aromatic rings. The van der Waals surface area contributed by atoms with Crippen LogP contribution in [0, 0.1) is 5.41 Å². The van der Waals surface area contributed by atoms with E-state index < -0.39 is 0 Å². The molecule has 122 valence electrons. The molecule has 0 aromatic heterocycles. The van der Waals surface area contributed by atoms with Crippen molar-refractivity contribution in [1.82, 2.24) is 0 Å². The maximum atomic E-state index is 12.0. The second kappa shape index (κ2) is 10.9. The quantitative estimate of drug-likeness (QED) is 0.251. The van der Waals surface area contributed by atoms with Crippen LogP contribution in [0.2, 0.25) is 0 Å². The second-order valence-electron chi connectivity index (χ2n) is 4.84. The number of ether oxygens (including phenoxy) is 2. The van der Waals surface area contributed by atoms with E-state index in [2.05, 4.69) is 59.9 Å². The Balaban J connectivity index is 0. The predicted octanol–water partition coefficient (Wildman–Crippen LogP) is 6.57. The molecule has 0 atom stereocenters. The fraction of sp³-hybridized carbons (Fsp3) is 0.500. The minimum atomic E-state index is -0.367. The molecule has 1 aliphatic rings. The van der Waals surface area contributed by atoms with Crippen molar-refractivity contribution in [3.8, 4) is 11.5 Å². The Hall–Kier alpha value is 1.26. The third kappa shape index (κ3) is 8.62. The molecule has 0 N–H and O–H groups in total. The minimum absolute atomic E-state index is 0. The summed E-state index contributed by atoms with van der Waals surface area (Å²) in [6.07, 6.45) is 0. The van der Waals surface area contributed by atoms with Crippen molar-refractivity contribution in [2.24, 2.45) is 5.41 Å². The van der Waals surface area contributed by atoms with E-state index in [-0.39, 0.29) is 37.8 Å². The van der Waals surface area contributed by atoms with Crippen LogP contribution in [0.15, 0.2) is 18.2 Å². The number of fused-ring (bicyclic) bond motifs is 1. The van der Waals surface area contributed by atoms with Gasteiger partial charge in [0.1, 0.15) is 0 Å². The van der Waals surface area contributed by atoms with Crippen LogP contribution in [0.25, 0.3) is 0 Å². The molecule has 0 saturated carbocycles. The van der Waals surface area contributed by atoms with Gasteiger partial charge in [0.15, 0.2) is 17.3 Å². The van der Waals surface area contributed by atoms with E-state index in [0.717, 1.165) is 0 Å². The number of ketones is 1. The summed E-state index contributed by atoms with van der Waals surface area (Å²) in [6.45, 7) is 5.95. The molecule has 1 aliphatic heterocycles. The first-order valence-electron chi connectivity index (χ1n) is 5.43. The molecule has 0 spiro atoms. The SMILES string of the molecule is C.C.CC(C)(C)C(=O)c1ccc2c(c1)OCO2.[I][V]([I])[I]. The zero-order chi connectivity index (χ0) is 14.6. The fourth-order valence-corrected chi connectivity index (χ4v) is 1.47. The summed E-state index contributed by atoms with van der Waals surface area (Å²) in [7, 11) is 0. The molecular formula is C14H22I3O3V. The van der Waals surface area contributed by atoms with Gasteiger partial charge in [0.25, 0.3) is 0 Å². The molecule has 3 nitrogen and oxygen atoms in total. The standard InChI is InChI=1S/C12H14O3.2CH4.3HI.V/c1-12(2,3)11(13)8-4-5-9-10(6-8)15-7-14-9;;;;;;/h4-6H,7H2,1-3H3;2*1H4;3*1H;/q;;;;;;+3/p-3. The molecule has 7 heteroatoms. The van der Waals surface area contributed by atoms with E-state index in [1.807, 2.05) is 20.8 Å². The predicted molar refractivity (Wildman–Crippen MR) is 112 cm³/mol. The van der Waals surface area contributed by atoms with Crippen LogP contribution in [0.1, 0.15) is 46.0 Å². The normalized spacial score (nSPS) is 11.8. The zero-order valence-corrected chi connectivity index (χ0v) is 18.6. The van der Waals surface area contributed by atoms with Crippen molar-refractivity contribution in [2.75, 3.05) is 6.79 Å². The van der Waals surface area contributed by atoms with Crippen molar-refractivity contribution in [2.45, 2.75) is 35.6 Å². The van der Waals surface area contributed by atoms with Gasteiger partial charge in [0.2, 0.25) is 6.79 Å². The Labute approximate surface area is 166 Å². The van der Waals surface area contributed by atoms with Gasteiger partial charge in [-0.05, 0) is 18.2 Å². The maximum absolute atomic E-state index is 12.0. The third-order valence-corrected chi connectivity index (χ3v) is 2.32. The summed E-state index contributed by atoms with van der Waals surface area (Å²) in [6, 6.07) is 5.30. The molecule has 0 bridgehead atoms. The number of hydrogen-bond donors (Lipinski definition) is 0. The zero-order valence-electron chi connectivity index (χ0n) is 10.7. The monoisotopic (exact) mass is 670 g/mol. The summed E-state index contributed by atoms with van der Waals surface area (Å²) in [5.41, 5.74) is 0.306. The summed E-state index contributed by atoms with van der Waals surface area (Å²) in [5.74, 6) is 1.48. The third-order valence-electron chi connectivity index (χ3n) is 2.32. The summed E-state index contributed by atoms with van der Waals surface area (Å²) in [4.78, 5) is 11.7. The molecule has 0 aliphatic carbocycles. The number of rotatable bonds is 1. The first kappa shape index (κ1) is 24.5. The summed E-state index contributed by atoms with van der Waals surface area (Å²) >= 11 is 7.39. The first-order valence-corrected chi connectivity index (χ1v) is 19.0. The van der Waals surface area contributed by atoms with Gasteiger partial charge in [-0.15, -0.1) is 0 Å². The Morgan fingerprint density at radius 1 is 1.10 bits per heavy atom. The molecular weight excluding hydrogens is 648 g/mol. The van der Waals surface area contributed by atoms with Gasteiger partial charge >= 0.3 is 64.9 Å². The van der Waals surface area contributed by atoms with Crippen molar-refractivity contribution >= 4 is 65.7 Å². The van der Waals surface area contributed by atoms with E-state index in [4.69, 9.17) is 9.47 Å². The van der Waals surface area contributed by atoms with E-state index >= 15 is 0 Å². The number of benzene rings is 1. The Bertz CT molecular complexity index is 457. The van der Waals surface area contributed by atoms with Crippen LogP contribution in [-0.2, 0) is 4.92 Å². The molecule has 1 heterocycles. The van der Waals surface area contributed by atoms with Crippen molar-refractivity contribution in [1.29, 1.82) is 0 Å². The van der Waals surface area contributed by atoms with Crippen LogP contribution in [0.5, 0.6) is 11.5 Å². The molecule has 0 unspecified atom stereocenters. The summed E-state index contributed by atoms with van der Waals surface area (Å²) in [5, 5.41) is 0. The number of Topliss-reactive ketones (excluding diaryl/α,β-unsaturated/α-hetero) is 1. The molecule has 1 aromatic carbocycles. The average Bonchev–Trinajstić information content (AvgIpc) is 2.72. The van der Waals surface area contributed by atoms with Crippen LogP contribution < -0.4 is 9.47 Å². The number of hydrogen-bond acceptors (Lipinski definition) is 3. The Morgan fingerprint density at radius 2 is 1.57 bits per heavy atom. The molecule has 0 fully saturated rings. The van der Waals surface area contributed by atoms with E-state index in [0.29, 0.717) is 17.1 Å². The van der Waals surface area contributed by atoms with E-state index in [1.54, 1.807) is 18.2 Å². The second-order valence-corrected chi connectivity index (χ2v) is 40.2. The average molecular weight is 670 g/mol. The van der Waals surface area contributed by atoms with Gasteiger partial charge < -0.3 is 9.47 Å². The van der Waals surface area contributed by atoms with Gasteiger partial charge in [-0.3, -0.25) is 4.79 Å². The van der Waals surface area contributed by atoms with Crippen molar-refractivity contribution in [3.63, 3.8) is 0 Å². The van der Waals surface area contributed by atoms with Gasteiger partial charge in [-0.25, -0.2) is 0 Å². The Morgan fingerprint density at radius 3 is 2.05 bits per heavy atom. The molecule has 21 heavy (non-hydrogen) atoms. The van der Waals surface area contributed by atoms with Crippen molar-refractivity contribution < 1.29 is 19.2 Å². The molecule has 0 radical (unpaired) electrons. The Kier molecular flexibility index (Phi) is 12.8. The van der Waals surface area contributed by atoms with E-state index in [1.165, 1.54) is 0 Å². The van der Waals surface area contributed by atoms with Crippen LogP contribution in [-0.4, -0.2) is 12.6 Å². The van der Waals surface area contributed by atoms with Gasteiger partial charge in [-0.2, -0.15) is 0 Å². The molecule has 2 rings (SSSR count). The number of carbonyl (C=O) groups is 1. The number of carbonyl (C=O) groups excluding carboxylic acids is 1. The fourth-order valence-electron chi connectivity index (χ4n) is 1.47. The summed E-state index contributed by atoms with van der Waals surface area (Å²) < 4.78 is 10.4. The number of halogens is 3. The van der Waals surface area contributed by atoms with Gasteiger partial charge in [-0.1, -0.05) is 35.6 Å². The molecule has 0 amide bonds. The van der Waals surface area contributed by atoms with E-state index in [9.17, 15) is 4.79 Å². The topological polar surface area (TPSA) is 35.5 Å². The first-order chi connectivity index (χ1) is 8.71. The van der Waals surface area contributed by atoms with Crippen LogP contribution in [0.3, 0.4) is 0 Å². The van der Waals surface area contributed by atoms with Crippen molar-refractivity contribution in [3.05, 3.63) is 23.8 Å². The molecule has 0 saturated heterocycles. The van der Waals surface area contributed by atoms with Crippen LogP contribution in [0.4, 0.5) is 0 Å². The van der Waals surface area contributed by atoms with Gasteiger partial charge in [0.05, 0.1) is 0 Å².